The maximum atomic E-state index is 12.8. The molecule has 7 heteroatoms. The van der Waals surface area contributed by atoms with Crippen molar-refractivity contribution in [2.24, 2.45) is 0 Å². The quantitative estimate of drug-likeness (QED) is 0.451. The number of halogens is 2. The summed E-state index contributed by atoms with van der Waals surface area (Å²) in [4.78, 5) is 17.2. The van der Waals surface area contributed by atoms with Crippen LogP contribution in [0.1, 0.15) is 16.2 Å². The Morgan fingerprint density at radius 1 is 0.931 bits per heavy atom. The smallest absolute Gasteiger partial charge is 0.295 e. The molecule has 0 aliphatic heterocycles. The van der Waals surface area contributed by atoms with Gasteiger partial charge in [-0.2, -0.15) is 0 Å². The van der Waals surface area contributed by atoms with Gasteiger partial charge in [0.25, 0.3) is 5.91 Å². The van der Waals surface area contributed by atoms with E-state index in [9.17, 15) is 4.79 Å². The Bertz CT molecular complexity index is 1170. The van der Waals surface area contributed by atoms with E-state index < -0.39 is 5.91 Å². The Hall–Kier alpha value is -3.15. The first kappa shape index (κ1) is 19.2. The second-order valence-electron chi connectivity index (χ2n) is 6.48. The van der Waals surface area contributed by atoms with E-state index in [1.165, 1.54) is 0 Å². The monoisotopic (exact) mass is 422 g/mol. The molecule has 0 atom stereocenters. The Morgan fingerprint density at radius 2 is 1.66 bits per heavy atom. The molecule has 5 nitrogen and oxygen atoms in total. The molecule has 0 aliphatic carbocycles. The standard InChI is InChI=1S/C22H16Cl2N4O/c1-14-5-9-18(10-6-14)25-22(29)20-26-21(15-3-2-4-17(24)13-15)28(27-20)19-11-7-16(23)8-12-19/h2-13H,1H3,(H,25,29). The summed E-state index contributed by atoms with van der Waals surface area (Å²) < 4.78 is 1.60. The molecule has 0 saturated heterocycles. The fourth-order valence-corrected chi connectivity index (χ4v) is 3.13. The molecule has 0 spiro atoms. The van der Waals surface area contributed by atoms with Crippen molar-refractivity contribution in [3.8, 4) is 17.1 Å². The first-order valence-electron chi connectivity index (χ1n) is 8.86. The highest BCUT2D eigenvalue weighted by atomic mass is 35.5. The normalized spacial score (nSPS) is 10.7. The number of nitrogens with one attached hydrogen (secondary N) is 1. The van der Waals surface area contributed by atoms with Gasteiger partial charge in [-0.3, -0.25) is 4.79 Å². The average molecular weight is 423 g/mol. The van der Waals surface area contributed by atoms with Gasteiger partial charge < -0.3 is 5.32 Å². The zero-order valence-corrected chi connectivity index (χ0v) is 16.9. The number of aryl methyl sites for hydroxylation is 1. The number of rotatable bonds is 4. The molecular weight excluding hydrogens is 407 g/mol. The zero-order chi connectivity index (χ0) is 20.4. The molecular formula is C22H16Cl2N4O. The number of aromatic nitrogens is 3. The van der Waals surface area contributed by atoms with Crippen molar-refractivity contribution in [1.29, 1.82) is 0 Å². The maximum absolute atomic E-state index is 12.8. The number of carbonyl (C=O) groups is 1. The van der Waals surface area contributed by atoms with Crippen LogP contribution in [0.25, 0.3) is 17.1 Å². The molecule has 0 unspecified atom stereocenters. The van der Waals surface area contributed by atoms with E-state index in [-0.39, 0.29) is 5.82 Å². The molecule has 1 amide bonds. The molecule has 29 heavy (non-hydrogen) atoms. The molecule has 1 aromatic heterocycles. The SMILES string of the molecule is Cc1ccc(NC(=O)c2nc(-c3cccc(Cl)c3)n(-c3ccc(Cl)cc3)n2)cc1. The molecule has 0 aliphatic rings. The molecule has 0 saturated carbocycles. The van der Waals surface area contributed by atoms with Crippen molar-refractivity contribution in [2.45, 2.75) is 6.92 Å². The van der Waals surface area contributed by atoms with Gasteiger partial charge in [0.2, 0.25) is 5.82 Å². The zero-order valence-electron chi connectivity index (χ0n) is 15.4. The van der Waals surface area contributed by atoms with E-state index in [1.807, 2.05) is 55.5 Å². The van der Waals surface area contributed by atoms with Crippen LogP contribution in [-0.2, 0) is 0 Å². The van der Waals surface area contributed by atoms with Crippen LogP contribution in [0.2, 0.25) is 10.0 Å². The summed E-state index contributed by atoms with van der Waals surface area (Å²) in [6, 6.07) is 21.9. The average Bonchev–Trinajstić information content (AvgIpc) is 3.16. The van der Waals surface area contributed by atoms with Gasteiger partial charge in [-0.15, -0.1) is 5.10 Å². The van der Waals surface area contributed by atoms with Gasteiger partial charge in [0.05, 0.1) is 5.69 Å². The number of hydrogen-bond donors (Lipinski definition) is 1. The van der Waals surface area contributed by atoms with Gasteiger partial charge in [-0.25, -0.2) is 9.67 Å². The number of carbonyl (C=O) groups excluding carboxylic acids is 1. The van der Waals surface area contributed by atoms with E-state index >= 15 is 0 Å². The predicted molar refractivity (Wildman–Crippen MR) is 116 cm³/mol. The van der Waals surface area contributed by atoms with Crippen LogP contribution in [0, 0.1) is 6.92 Å². The largest absolute Gasteiger partial charge is 0.319 e. The highest BCUT2D eigenvalue weighted by Crippen LogP contribution is 2.25. The van der Waals surface area contributed by atoms with E-state index in [0.717, 1.165) is 16.8 Å². The lowest BCUT2D eigenvalue weighted by Crippen LogP contribution is -2.14. The van der Waals surface area contributed by atoms with Crippen molar-refractivity contribution in [3.05, 3.63) is 94.2 Å². The summed E-state index contributed by atoms with van der Waals surface area (Å²) in [5, 5.41) is 8.44. The Morgan fingerprint density at radius 3 is 2.34 bits per heavy atom. The minimum absolute atomic E-state index is 0.0514. The second kappa shape index (κ2) is 8.07. The fraction of sp³-hybridized carbons (Fsp3) is 0.0455. The minimum Gasteiger partial charge on any atom is -0.319 e. The third-order valence-electron chi connectivity index (χ3n) is 4.27. The van der Waals surface area contributed by atoms with E-state index in [1.54, 1.807) is 28.9 Å². The maximum Gasteiger partial charge on any atom is 0.295 e. The van der Waals surface area contributed by atoms with Crippen molar-refractivity contribution in [2.75, 3.05) is 5.32 Å². The predicted octanol–water partition coefficient (Wildman–Crippen LogP) is 5.80. The summed E-state index contributed by atoms with van der Waals surface area (Å²) in [5.41, 5.74) is 3.25. The number of hydrogen-bond acceptors (Lipinski definition) is 3. The molecule has 3 aromatic carbocycles. The summed E-state index contributed by atoms with van der Waals surface area (Å²) in [6.07, 6.45) is 0. The third-order valence-corrected chi connectivity index (χ3v) is 4.76. The number of amides is 1. The lowest BCUT2D eigenvalue weighted by atomic mass is 10.2. The molecule has 4 rings (SSSR count). The number of anilines is 1. The van der Waals surface area contributed by atoms with Crippen molar-refractivity contribution in [1.82, 2.24) is 14.8 Å². The van der Waals surface area contributed by atoms with Crippen LogP contribution in [0.15, 0.2) is 72.8 Å². The Kier molecular flexibility index (Phi) is 5.34. The van der Waals surface area contributed by atoms with E-state index in [0.29, 0.717) is 21.6 Å². The molecule has 144 valence electrons. The van der Waals surface area contributed by atoms with E-state index in [4.69, 9.17) is 23.2 Å². The van der Waals surface area contributed by atoms with Gasteiger partial charge in [0, 0.05) is 21.3 Å². The molecule has 1 N–H and O–H groups in total. The van der Waals surface area contributed by atoms with Crippen LogP contribution >= 0.6 is 23.2 Å². The van der Waals surface area contributed by atoms with Crippen LogP contribution in [0.5, 0.6) is 0 Å². The second-order valence-corrected chi connectivity index (χ2v) is 7.35. The summed E-state index contributed by atoms with van der Waals surface area (Å²) in [7, 11) is 0. The minimum atomic E-state index is -0.398. The third kappa shape index (κ3) is 4.31. The lowest BCUT2D eigenvalue weighted by molar-refractivity contribution is 0.101. The fourth-order valence-electron chi connectivity index (χ4n) is 2.81. The molecule has 1 heterocycles. The van der Waals surface area contributed by atoms with Gasteiger partial charge in [0.15, 0.2) is 5.82 Å². The van der Waals surface area contributed by atoms with Crippen LogP contribution in [-0.4, -0.2) is 20.7 Å². The summed E-state index contributed by atoms with van der Waals surface area (Å²) >= 11 is 12.2. The summed E-state index contributed by atoms with van der Waals surface area (Å²) in [6.45, 7) is 1.98. The van der Waals surface area contributed by atoms with Crippen LogP contribution in [0.3, 0.4) is 0 Å². The van der Waals surface area contributed by atoms with Gasteiger partial charge in [-0.1, -0.05) is 53.0 Å². The Balaban J connectivity index is 1.75. The highest BCUT2D eigenvalue weighted by Gasteiger charge is 2.19. The Labute approximate surface area is 177 Å². The van der Waals surface area contributed by atoms with Gasteiger partial charge in [0.1, 0.15) is 0 Å². The van der Waals surface area contributed by atoms with Crippen molar-refractivity contribution < 1.29 is 4.79 Å². The molecule has 0 radical (unpaired) electrons. The lowest BCUT2D eigenvalue weighted by Gasteiger charge is -2.06. The summed E-state index contributed by atoms with van der Waals surface area (Å²) in [5.74, 6) is 0.157. The number of benzene rings is 3. The van der Waals surface area contributed by atoms with Crippen LogP contribution < -0.4 is 5.32 Å². The highest BCUT2D eigenvalue weighted by molar-refractivity contribution is 6.31. The van der Waals surface area contributed by atoms with Gasteiger partial charge in [-0.05, 0) is 55.5 Å². The molecule has 0 fully saturated rings. The van der Waals surface area contributed by atoms with Crippen LogP contribution in [0.4, 0.5) is 5.69 Å². The van der Waals surface area contributed by atoms with Gasteiger partial charge >= 0.3 is 0 Å². The van der Waals surface area contributed by atoms with Crippen molar-refractivity contribution >= 4 is 34.8 Å². The molecule has 0 bridgehead atoms. The van der Waals surface area contributed by atoms with E-state index in [2.05, 4.69) is 15.4 Å². The van der Waals surface area contributed by atoms with Crippen molar-refractivity contribution in [3.63, 3.8) is 0 Å². The topological polar surface area (TPSA) is 59.8 Å². The first-order valence-corrected chi connectivity index (χ1v) is 9.62. The first-order chi connectivity index (χ1) is 14.0. The molecule has 4 aromatic rings. The number of nitrogens with zero attached hydrogens (tertiary/aromatic N) is 3.